The van der Waals surface area contributed by atoms with E-state index in [9.17, 15) is 14.0 Å². The first-order valence-corrected chi connectivity index (χ1v) is 5.34. The summed E-state index contributed by atoms with van der Waals surface area (Å²) in [5.74, 6) is -2.57. The fraction of sp³-hybridized carbons (Fsp3) is 0.364. The Morgan fingerprint density at radius 2 is 2.33 bits per heavy atom. The number of halogens is 1. The number of carbonyl (C=O) groups is 2. The van der Waals surface area contributed by atoms with Gasteiger partial charge in [0.05, 0.1) is 18.7 Å². The summed E-state index contributed by atoms with van der Waals surface area (Å²) < 4.78 is 18.3. The first kappa shape index (κ1) is 12.4. The fourth-order valence-electron chi connectivity index (χ4n) is 1.70. The number of amides is 1. The van der Waals surface area contributed by atoms with Crippen molar-refractivity contribution < 1.29 is 23.8 Å². The molecule has 1 aliphatic heterocycles. The van der Waals surface area contributed by atoms with Crippen molar-refractivity contribution in [2.45, 2.75) is 6.10 Å². The molecule has 6 nitrogen and oxygen atoms in total. The van der Waals surface area contributed by atoms with Crippen LogP contribution >= 0.6 is 0 Å². The molecule has 7 heteroatoms. The Kier molecular flexibility index (Phi) is 3.52. The summed E-state index contributed by atoms with van der Waals surface area (Å²) in [6.45, 7) is 0.254. The second-order valence-corrected chi connectivity index (χ2v) is 3.79. The van der Waals surface area contributed by atoms with E-state index in [-0.39, 0.29) is 25.3 Å². The highest BCUT2D eigenvalue weighted by atomic mass is 19.1. The summed E-state index contributed by atoms with van der Waals surface area (Å²) in [4.78, 5) is 27.4. The number of carboxylic acids is 1. The van der Waals surface area contributed by atoms with Crippen LogP contribution < -0.4 is 0 Å². The standard InChI is InChI=1S/C11H11FN2O4/c12-9-7(2-1-3-13-9)10(15)14-4-5-18-8(6-14)11(16)17/h1-3,8H,4-6H2,(H,16,17). The van der Waals surface area contributed by atoms with E-state index in [1.165, 1.54) is 23.2 Å². The SMILES string of the molecule is O=C(O)C1CN(C(=O)c2cccnc2F)CCO1. The van der Waals surface area contributed by atoms with Crippen molar-refractivity contribution in [1.29, 1.82) is 0 Å². The molecule has 96 valence electrons. The second kappa shape index (κ2) is 5.09. The minimum Gasteiger partial charge on any atom is -0.479 e. The smallest absolute Gasteiger partial charge is 0.334 e. The normalized spacial score (nSPS) is 19.6. The first-order chi connectivity index (χ1) is 8.59. The number of aliphatic carboxylic acids is 1. The predicted molar refractivity (Wildman–Crippen MR) is 57.5 cm³/mol. The largest absolute Gasteiger partial charge is 0.479 e. The Morgan fingerprint density at radius 1 is 1.56 bits per heavy atom. The molecular formula is C11H11FN2O4. The van der Waals surface area contributed by atoms with Crippen LogP contribution in [-0.4, -0.2) is 52.7 Å². The van der Waals surface area contributed by atoms with Crippen molar-refractivity contribution in [2.75, 3.05) is 19.7 Å². The van der Waals surface area contributed by atoms with Gasteiger partial charge in [0.25, 0.3) is 5.91 Å². The van der Waals surface area contributed by atoms with Crippen LogP contribution in [0.4, 0.5) is 4.39 Å². The first-order valence-electron chi connectivity index (χ1n) is 5.34. The van der Waals surface area contributed by atoms with Crippen LogP contribution in [0, 0.1) is 5.95 Å². The predicted octanol–water partition coefficient (Wildman–Crippen LogP) is 0.146. The third kappa shape index (κ3) is 2.45. The third-order valence-corrected chi connectivity index (χ3v) is 2.62. The fourth-order valence-corrected chi connectivity index (χ4v) is 1.70. The van der Waals surface area contributed by atoms with Crippen molar-refractivity contribution in [1.82, 2.24) is 9.88 Å². The van der Waals surface area contributed by atoms with E-state index in [1.54, 1.807) is 0 Å². The monoisotopic (exact) mass is 254 g/mol. The van der Waals surface area contributed by atoms with Gasteiger partial charge >= 0.3 is 5.97 Å². The van der Waals surface area contributed by atoms with Crippen molar-refractivity contribution in [2.24, 2.45) is 0 Å². The Hall–Kier alpha value is -2.02. The summed E-state index contributed by atoms with van der Waals surface area (Å²) in [5.41, 5.74) is -0.163. The molecule has 1 unspecified atom stereocenters. The molecule has 0 saturated carbocycles. The lowest BCUT2D eigenvalue weighted by Gasteiger charge is -2.30. The molecule has 1 amide bonds. The molecular weight excluding hydrogens is 243 g/mol. The van der Waals surface area contributed by atoms with Crippen molar-refractivity contribution >= 4 is 11.9 Å². The number of pyridine rings is 1. The molecule has 1 atom stereocenters. The maximum absolute atomic E-state index is 13.3. The summed E-state index contributed by atoms with van der Waals surface area (Å²) in [6.07, 6.45) is 0.174. The van der Waals surface area contributed by atoms with Gasteiger partial charge in [-0.2, -0.15) is 4.39 Å². The second-order valence-electron chi connectivity index (χ2n) is 3.79. The highest BCUT2D eigenvalue weighted by Crippen LogP contribution is 2.12. The Labute approximate surface area is 102 Å². The minimum absolute atomic E-state index is 0.0947. The lowest BCUT2D eigenvalue weighted by atomic mass is 10.2. The van der Waals surface area contributed by atoms with E-state index in [0.717, 1.165) is 0 Å². The molecule has 1 fully saturated rings. The number of carbonyl (C=O) groups excluding carboxylic acids is 1. The van der Waals surface area contributed by atoms with Crippen LogP contribution in [0.25, 0.3) is 0 Å². The number of hydrogen-bond acceptors (Lipinski definition) is 4. The molecule has 1 aliphatic rings. The van der Waals surface area contributed by atoms with Crippen LogP contribution in [0.5, 0.6) is 0 Å². The van der Waals surface area contributed by atoms with E-state index >= 15 is 0 Å². The average Bonchev–Trinajstić information content (AvgIpc) is 2.38. The Morgan fingerprint density at radius 3 is 3.00 bits per heavy atom. The van der Waals surface area contributed by atoms with E-state index in [2.05, 4.69) is 4.98 Å². The molecule has 0 aromatic carbocycles. The molecule has 1 aromatic rings. The number of hydrogen-bond donors (Lipinski definition) is 1. The van der Waals surface area contributed by atoms with Gasteiger partial charge in [-0.3, -0.25) is 4.79 Å². The summed E-state index contributed by atoms with van der Waals surface area (Å²) in [7, 11) is 0. The van der Waals surface area contributed by atoms with Gasteiger partial charge in [-0.05, 0) is 12.1 Å². The van der Waals surface area contributed by atoms with E-state index < -0.39 is 23.9 Å². The van der Waals surface area contributed by atoms with Gasteiger partial charge in [0.15, 0.2) is 6.10 Å². The highest BCUT2D eigenvalue weighted by molar-refractivity contribution is 5.94. The molecule has 18 heavy (non-hydrogen) atoms. The number of carboxylic acid groups (broad SMARTS) is 1. The number of ether oxygens (including phenoxy) is 1. The zero-order chi connectivity index (χ0) is 13.1. The van der Waals surface area contributed by atoms with Crippen molar-refractivity contribution in [3.05, 3.63) is 29.8 Å². The number of rotatable bonds is 2. The van der Waals surface area contributed by atoms with E-state index in [0.29, 0.717) is 0 Å². The van der Waals surface area contributed by atoms with Crippen LogP contribution in [0.2, 0.25) is 0 Å². The van der Waals surface area contributed by atoms with Gasteiger partial charge in [-0.25, -0.2) is 9.78 Å². The summed E-state index contributed by atoms with van der Waals surface area (Å²) in [5, 5.41) is 8.81. The van der Waals surface area contributed by atoms with Crippen LogP contribution in [0.1, 0.15) is 10.4 Å². The zero-order valence-electron chi connectivity index (χ0n) is 9.38. The molecule has 0 radical (unpaired) electrons. The van der Waals surface area contributed by atoms with Gasteiger partial charge in [0, 0.05) is 12.7 Å². The van der Waals surface area contributed by atoms with Gasteiger partial charge in [0.2, 0.25) is 5.95 Å². The molecule has 1 N–H and O–H groups in total. The lowest BCUT2D eigenvalue weighted by molar-refractivity contribution is -0.154. The Balaban J connectivity index is 2.14. The summed E-state index contributed by atoms with van der Waals surface area (Å²) in [6, 6.07) is 2.77. The van der Waals surface area contributed by atoms with Crippen LogP contribution in [-0.2, 0) is 9.53 Å². The van der Waals surface area contributed by atoms with Crippen molar-refractivity contribution in [3.8, 4) is 0 Å². The number of nitrogens with zero attached hydrogens (tertiary/aromatic N) is 2. The highest BCUT2D eigenvalue weighted by Gasteiger charge is 2.30. The molecule has 1 aromatic heterocycles. The van der Waals surface area contributed by atoms with E-state index in [4.69, 9.17) is 9.84 Å². The molecule has 0 aliphatic carbocycles. The third-order valence-electron chi connectivity index (χ3n) is 2.62. The van der Waals surface area contributed by atoms with Gasteiger partial charge in [-0.15, -0.1) is 0 Å². The van der Waals surface area contributed by atoms with Gasteiger partial charge < -0.3 is 14.7 Å². The minimum atomic E-state index is -1.14. The van der Waals surface area contributed by atoms with Crippen LogP contribution in [0.15, 0.2) is 18.3 Å². The molecule has 2 heterocycles. The Bertz CT molecular complexity index is 480. The average molecular weight is 254 g/mol. The van der Waals surface area contributed by atoms with Gasteiger partial charge in [0.1, 0.15) is 0 Å². The van der Waals surface area contributed by atoms with Crippen molar-refractivity contribution in [3.63, 3.8) is 0 Å². The summed E-state index contributed by atoms with van der Waals surface area (Å²) >= 11 is 0. The van der Waals surface area contributed by atoms with Gasteiger partial charge in [-0.1, -0.05) is 0 Å². The maximum atomic E-state index is 13.3. The van der Waals surface area contributed by atoms with Crippen LogP contribution in [0.3, 0.4) is 0 Å². The topological polar surface area (TPSA) is 79.7 Å². The molecule has 0 spiro atoms. The zero-order valence-corrected chi connectivity index (χ0v) is 9.38. The molecule has 1 saturated heterocycles. The number of aromatic nitrogens is 1. The van der Waals surface area contributed by atoms with E-state index in [1.807, 2.05) is 0 Å². The lowest BCUT2D eigenvalue weighted by Crippen LogP contribution is -2.48. The number of morpholine rings is 1. The molecule has 0 bridgehead atoms. The maximum Gasteiger partial charge on any atom is 0.334 e. The molecule has 2 rings (SSSR count). The quantitative estimate of drug-likeness (QED) is 0.760.